The first-order valence-electron chi connectivity index (χ1n) is 12.4. The molecule has 0 atom stereocenters. The monoisotopic (exact) mass is 391 g/mol. The van der Waals surface area contributed by atoms with Crippen molar-refractivity contribution in [3.63, 3.8) is 0 Å². The van der Waals surface area contributed by atoms with Gasteiger partial charge in [-0.15, -0.1) is 0 Å². The lowest BCUT2D eigenvalue weighted by molar-refractivity contribution is 0.535. The molecule has 1 aromatic heterocycles. The van der Waals surface area contributed by atoms with E-state index in [1.807, 2.05) is 0 Å². The van der Waals surface area contributed by atoms with Gasteiger partial charge in [0, 0.05) is 21.8 Å². The number of aromatic nitrogens is 1. The molecule has 0 aliphatic rings. The summed E-state index contributed by atoms with van der Waals surface area (Å²) in [4.78, 5) is 3.57. The molecule has 0 radical (unpaired) electrons. The molecule has 0 saturated heterocycles. The normalized spacial score (nSPS) is 11.6. The van der Waals surface area contributed by atoms with Crippen LogP contribution in [0, 0.1) is 0 Å². The molecule has 0 aliphatic carbocycles. The molecule has 1 heterocycles. The zero-order valence-electron chi connectivity index (χ0n) is 18.6. The number of para-hydroxylation sites is 1. The molecule has 0 unspecified atom stereocenters. The van der Waals surface area contributed by atoms with Crippen LogP contribution in [-0.2, 0) is 6.42 Å². The molecule has 0 aliphatic heterocycles. The maximum absolute atomic E-state index is 3.57. The first-order valence-corrected chi connectivity index (χ1v) is 12.4. The topological polar surface area (TPSA) is 15.8 Å². The van der Waals surface area contributed by atoms with Gasteiger partial charge in [-0.2, -0.15) is 0 Å². The van der Waals surface area contributed by atoms with Gasteiger partial charge in [-0.3, -0.25) is 0 Å². The second kappa shape index (κ2) is 12.7. The van der Waals surface area contributed by atoms with Crippen LogP contribution in [0.1, 0.15) is 102 Å². The van der Waals surface area contributed by atoms with Crippen molar-refractivity contribution in [2.45, 2.75) is 103 Å². The lowest BCUT2D eigenvalue weighted by Gasteiger charge is -2.04. The van der Waals surface area contributed by atoms with Crippen LogP contribution in [0.2, 0.25) is 0 Å². The molecule has 2 aromatic carbocycles. The molecule has 0 fully saturated rings. The van der Waals surface area contributed by atoms with Crippen molar-refractivity contribution in [2.75, 3.05) is 0 Å². The van der Waals surface area contributed by atoms with Crippen molar-refractivity contribution in [1.82, 2.24) is 4.98 Å². The first-order chi connectivity index (χ1) is 14.4. The Morgan fingerprint density at radius 2 is 1.10 bits per heavy atom. The standard InChI is InChI=1S/C28H41N/c1-2-3-4-5-6-7-8-9-10-11-12-13-14-15-18-24-21-22-26-25-19-16-17-20-27(25)29-28(26)23-24/h16-17,19-23,29H,2-15,18H2,1H3. The van der Waals surface area contributed by atoms with Crippen LogP contribution >= 0.6 is 0 Å². The number of fused-ring (bicyclic) bond motifs is 3. The first kappa shape index (κ1) is 21.9. The molecule has 1 N–H and O–H groups in total. The lowest BCUT2D eigenvalue weighted by atomic mass is 10.0. The van der Waals surface area contributed by atoms with Crippen LogP contribution in [0.15, 0.2) is 42.5 Å². The number of aryl methyl sites for hydroxylation is 1. The van der Waals surface area contributed by atoms with Crippen molar-refractivity contribution < 1.29 is 0 Å². The van der Waals surface area contributed by atoms with Crippen LogP contribution in [0.4, 0.5) is 0 Å². The highest BCUT2D eigenvalue weighted by Gasteiger charge is 2.04. The van der Waals surface area contributed by atoms with Crippen molar-refractivity contribution in [1.29, 1.82) is 0 Å². The highest BCUT2D eigenvalue weighted by Crippen LogP contribution is 2.26. The highest BCUT2D eigenvalue weighted by atomic mass is 14.7. The van der Waals surface area contributed by atoms with E-state index < -0.39 is 0 Å². The molecule has 158 valence electrons. The van der Waals surface area contributed by atoms with Crippen LogP contribution < -0.4 is 0 Å². The fraction of sp³-hybridized carbons (Fsp3) is 0.571. The Hall–Kier alpha value is -1.76. The summed E-state index contributed by atoms with van der Waals surface area (Å²) in [7, 11) is 0. The minimum absolute atomic E-state index is 1.21. The predicted molar refractivity (Wildman–Crippen MR) is 130 cm³/mol. The zero-order valence-corrected chi connectivity index (χ0v) is 18.6. The fourth-order valence-corrected chi connectivity index (χ4v) is 4.58. The number of hydrogen-bond donors (Lipinski definition) is 1. The summed E-state index contributed by atoms with van der Waals surface area (Å²) in [6.45, 7) is 2.30. The van der Waals surface area contributed by atoms with Crippen molar-refractivity contribution in [3.05, 3.63) is 48.0 Å². The van der Waals surface area contributed by atoms with Crippen LogP contribution in [-0.4, -0.2) is 4.98 Å². The second-order valence-electron chi connectivity index (χ2n) is 8.90. The number of unbranched alkanes of at least 4 members (excludes halogenated alkanes) is 13. The van der Waals surface area contributed by atoms with E-state index in [4.69, 9.17) is 0 Å². The van der Waals surface area contributed by atoms with Crippen molar-refractivity contribution >= 4 is 21.8 Å². The maximum atomic E-state index is 3.57. The number of nitrogens with one attached hydrogen (secondary N) is 1. The minimum Gasteiger partial charge on any atom is -0.355 e. The molecule has 3 aromatic rings. The van der Waals surface area contributed by atoms with Gasteiger partial charge in [0.05, 0.1) is 0 Å². The Labute approximate surface area is 178 Å². The SMILES string of the molecule is CCCCCCCCCCCCCCCCc1ccc2c(c1)[nH]c1ccccc12. The van der Waals surface area contributed by atoms with E-state index in [9.17, 15) is 0 Å². The minimum atomic E-state index is 1.21. The number of benzene rings is 2. The molecule has 1 nitrogen and oxygen atoms in total. The summed E-state index contributed by atoms with van der Waals surface area (Å²) >= 11 is 0. The average Bonchev–Trinajstić information content (AvgIpc) is 3.12. The molecule has 1 heteroatoms. The second-order valence-corrected chi connectivity index (χ2v) is 8.90. The van der Waals surface area contributed by atoms with Crippen LogP contribution in [0.5, 0.6) is 0 Å². The molecular weight excluding hydrogens is 350 g/mol. The molecule has 3 rings (SSSR count). The third kappa shape index (κ3) is 7.21. The lowest BCUT2D eigenvalue weighted by Crippen LogP contribution is -1.87. The van der Waals surface area contributed by atoms with Gasteiger partial charge in [0.1, 0.15) is 0 Å². The Bertz CT molecular complexity index is 829. The van der Waals surface area contributed by atoms with Gasteiger partial charge in [-0.25, -0.2) is 0 Å². The zero-order chi connectivity index (χ0) is 20.2. The van der Waals surface area contributed by atoms with Crippen molar-refractivity contribution in [2.24, 2.45) is 0 Å². The molecule has 29 heavy (non-hydrogen) atoms. The summed E-state index contributed by atoms with van der Waals surface area (Å²) in [5.41, 5.74) is 4.01. The van der Waals surface area contributed by atoms with Gasteiger partial charge in [-0.05, 0) is 30.5 Å². The smallest absolute Gasteiger partial charge is 0.0467 e. The molecular formula is C28H41N. The summed E-state index contributed by atoms with van der Waals surface area (Å²) in [5.74, 6) is 0. The van der Waals surface area contributed by atoms with E-state index in [2.05, 4.69) is 54.4 Å². The number of aromatic amines is 1. The summed E-state index contributed by atoms with van der Waals surface area (Å²) in [5, 5.41) is 2.69. The van der Waals surface area contributed by atoms with E-state index in [0.717, 1.165) is 0 Å². The largest absolute Gasteiger partial charge is 0.355 e. The van der Waals surface area contributed by atoms with E-state index in [1.54, 1.807) is 0 Å². The van der Waals surface area contributed by atoms with E-state index in [-0.39, 0.29) is 0 Å². The van der Waals surface area contributed by atoms with Gasteiger partial charge >= 0.3 is 0 Å². The highest BCUT2D eigenvalue weighted by molar-refractivity contribution is 6.07. The van der Waals surface area contributed by atoms with E-state index >= 15 is 0 Å². The van der Waals surface area contributed by atoms with Crippen LogP contribution in [0.3, 0.4) is 0 Å². The van der Waals surface area contributed by atoms with Gasteiger partial charge in [0.25, 0.3) is 0 Å². The third-order valence-corrected chi connectivity index (χ3v) is 6.39. The van der Waals surface area contributed by atoms with Gasteiger partial charge in [0.2, 0.25) is 0 Å². The third-order valence-electron chi connectivity index (χ3n) is 6.39. The fourth-order valence-electron chi connectivity index (χ4n) is 4.58. The van der Waals surface area contributed by atoms with Gasteiger partial charge < -0.3 is 4.98 Å². The Balaban J connectivity index is 1.22. The molecule has 0 saturated carbocycles. The number of hydrogen-bond acceptors (Lipinski definition) is 0. The maximum Gasteiger partial charge on any atom is 0.0467 e. The van der Waals surface area contributed by atoms with Gasteiger partial charge in [-0.1, -0.05) is 121 Å². The Kier molecular flexibility index (Phi) is 9.63. The predicted octanol–water partition coefficient (Wildman–Crippen LogP) is 9.34. The summed E-state index contributed by atoms with van der Waals surface area (Å²) in [6, 6.07) is 15.6. The Morgan fingerprint density at radius 1 is 0.552 bits per heavy atom. The summed E-state index contributed by atoms with van der Waals surface area (Å²) < 4.78 is 0. The molecule has 0 bridgehead atoms. The van der Waals surface area contributed by atoms with Crippen molar-refractivity contribution in [3.8, 4) is 0 Å². The average molecular weight is 392 g/mol. The molecule has 0 amide bonds. The summed E-state index contributed by atoms with van der Waals surface area (Å²) in [6.07, 6.45) is 21.2. The van der Waals surface area contributed by atoms with Gasteiger partial charge in [0.15, 0.2) is 0 Å². The molecule has 0 spiro atoms. The Morgan fingerprint density at radius 3 is 1.76 bits per heavy atom. The number of rotatable bonds is 15. The quantitative estimate of drug-likeness (QED) is 0.248. The van der Waals surface area contributed by atoms with E-state index in [1.165, 1.54) is 124 Å². The van der Waals surface area contributed by atoms with Crippen LogP contribution in [0.25, 0.3) is 21.8 Å². The van der Waals surface area contributed by atoms with E-state index in [0.29, 0.717) is 0 Å². The number of H-pyrrole nitrogens is 1.